The summed E-state index contributed by atoms with van der Waals surface area (Å²) in [5.41, 5.74) is 2.48. The molecule has 0 fully saturated rings. The molecule has 2 rings (SSSR count). The number of allylic oxidation sites excluding steroid dienone is 3. The number of carbonyl (C=O) groups is 2. The number of esters is 1. The van der Waals surface area contributed by atoms with Gasteiger partial charge in [-0.3, -0.25) is 9.59 Å². The third-order valence-electron chi connectivity index (χ3n) is 4.57. The Balaban J connectivity index is 2.04. The van der Waals surface area contributed by atoms with E-state index < -0.39 is 8.15 Å². The van der Waals surface area contributed by atoms with Gasteiger partial charge in [0, 0.05) is 23.4 Å². The summed E-state index contributed by atoms with van der Waals surface area (Å²) in [6.07, 6.45) is 4.73. The molecule has 0 N–H and O–H groups in total. The molecule has 0 heterocycles. The third-order valence-corrected chi connectivity index (χ3v) is 7.56. The largest absolute Gasteiger partial charge is 0.469 e. The Morgan fingerprint density at radius 2 is 1.93 bits per heavy atom. The van der Waals surface area contributed by atoms with Crippen LogP contribution in [-0.4, -0.2) is 36.7 Å². The Hall–Kier alpha value is -1.42. The molecule has 0 saturated heterocycles. The van der Waals surface area contributed by atoms with Crippen LogP contribution in [0.4, 0.5) is 0 Å². The molecule has 0 spiro atoms. The molecule has 0 amide bonds. The number of benzene rings is 1. The summed E-state index contributed by atoms with van der Waals surface area (Å²) in [4.78, 5) is 24.6. The summed E-state index contributed by atoms with van der Waals surface area (Å²) in [5.74, 6) is 1.36. The minimum Gasteiger partial charge on any atom is -0.469 e. The Morgan fingerprint density at radius 3 is 2.54 bits per heavy atom. The van der Waals surface area contributed by atoms with Gasteiger partial charge in [0.05, 0.1) is 19.4 Å². The maximum atomic E-state index is 13.4. The second-order valence-corrected chi connectivity index (χ2v) is 9.64. The summed E-state index contributed by atoms with van der Waals surface area (Å²) >= 11 is 1.71. The first-order valence-corrected chi connectivity index (χ1v) is 11.9. The van der Waals surface area contributed by atoms with Crippen molar-refractivity contribution in [2.45, 2.75) is 27.2 Å². The predicted octanol–water partition coefficient (Wildman–Crippen LogP) is 4.71. The van der Waals surface area contributed by atoms with Crippen LogP contribution < -0.4 is 5.30 Å². The van der Waals surface area contributed by atoms with Crippen LogP contribution in [0.3, 0.4) is 0 Å². The summed E-state index contributed by atoms with van der Waals surface area (Å²) in [6.45, 7) is 6.59. The van der Waals surface area contributed by atoms with E-state index in [0.717, 1.165) is 22.4 Å². The van der Waals surface area contributed by atoms with Gasteiger partial charge in [0.15, 0.2) is 5.52 Å². The van der Waals surface area contributed by atoms with E-state index in [1.165, 1.54) is 12.7 Å². The first kappa shape index (κ1) is 22.9. The topological polar surface area (TPSA) is 52.6 Å². The average molecular weight is 421 g/mol. The molecule has 3 unspecified atom stereocenters. The first-order chi connectivity index (χ1) is 13.5. The Bertz CT molecular complexity index is 729. The normalized spacial score (nSPS) is 20.1. The van der Waals surface area contributed by atoms with Crippen LogP contribution >= 0.6 is 19.9 Å². The lowest BCUT2D eigenvalue weighted by Crippen LogP contribution is -2.27. The van der Waals surface area contributed by atoms with E-state index in [0.29, 0.717) is 13.0 Å². The predicted molar refractivity (Wildman–Crippen MR) is 118 cm³/mol. The van der Waals surface area contributed by atoms with E-state index in [2.05, 4.69) is 23.8 Å². The van der Waals surface area contributed by atoms with Gasteiger partial charge in [0.25, 0.3) is 0 Å². The molecule has 6 heteroatoms. The smallest absolute Gasteiger partial charge is 0.306 e. The van der Waals surface area contributed by atoms with E-state index in [4.69, 9.17) is 4.52 Å². The third kappa shape index (κ3) is 6.30. The number of thioether (sulfide) groups is 1. The fourth-order valence-electron chi connectivity index (χ4n) is 3.32. The number of carbonyl (C=O) groups excluding carboxylic acids is 2. The van der Waals surface area contributed by atoms with Crippen molar-refractivity contribution in [1.82, 2.24) is 0 Å². The Labute approximate surface area is 173 Å². The molecule has 0 aromatic heterocycles. The van der Waals surface area contributed by atoms with E-state index >= 15 is 0 Å². The number of hydrogen-bond acceptors (Lipinski definition) is 5. The minimum absolute atomic E-state index is 0.128. The van der Waals surface area contributed by atoms with E-state index in [9.17, 15) is 9.59 Å². The molecule has 152 valence electrons. The molecular weight excluding hydrogens is 391 g/mol. The molecule has 1 aromatic carbocycles. The zero-order valence-electron chi connectivity index (χ0n) is 17.0. The lowest BCUT2D eigenvalue weighted by molar-refractivity contribution is -0.140. The summed E-state index contributed by atoms with van der Waals surface area (Å²) in [7, 11) is 0.115. The van der Waals surface area contributed by atoms with Crippen LogP contribution in [0.1, 0.15) is 27.2 Å². The zero-order valence-corrected chi connectivity index (χ0v) is 18.7. The molecule has 28 heavy (non-hydrogen) atoms. The van der Waals surface area contributed by atoms with Gasteiger partial charge >= 0.3 is 5.97 Å². The van der Waals surface area contributed by atoms with E-state index in [1.54, 1.807) is 11.8 Å². The van der Waals surface area contributed by atoms with Crippen LogP contribution in [0.15, 0.2) is 53.6 Å². The van der Waals surface area contributed by atoms with Crippen LogP contribution in [0, 0.1) is 11.8 Å². The monoisotopic (exact) mass is 420 g/mol. The molecule has 1 aliphatic carbocycles. The van der Waals surface area contributed by atoms with Gasteiger partial charge < -0.3 is 9.26 Å². The molecule has 1 aliphatic rings. The molecule has 0 radical (unpaired) electrons. The minimum atomic E-state index is -1.30. The molecule has 1 aromatic rings. The quantitative estimate of drug-likeness (QED) is 0.312. The van der Waals surface area contributed by atoms with Crippen molar-refractivity contribution in [3.8, 4) is 0 Å². The summed E-state index contributed by atoms with van der Waals surface area (Å²) < 4.78 is 10.6. The van der Waals surface area contributed by atoms with Crippen molar-refractivity contribution >= 4 is 36.7 Å². The highest BCUT2D eigenvalue weighted by Gasteiger charge is 2.35. The number of rotatable bonds is 10. The lowest BCUT2D eigenvalue weighted by Gasteiger charge is -2.29. The van der Waals surface area contributed by atoms with Gasteiger partial charge in [-0.25, -0.2) is 0 Å². The van der Waals surface area contributed by atoms with E-state index in [-0.39, 0.29) is 23.3 Å². The highest BCUT2D eigenvalue weighted by molar-refractivity contribution is 7.99. The summed E-state index contributed by atoms with van der Waals surface area (Å²) in [5, 5.41) is 0.970. The Morgan fingerprint density at radius 1 is 1.21 bits per heavy atom. The second kappa shape index (κ2) is 11.5. The van der Waals surface area contributed by atoms with Crippen molar-refractivity contribution in [3.63, 3.8) is 0 Å². The Kier molecular flexibility index (Phi) is 9.43. The molecule has 4 nitrogen and oxygen atoms in total. The van der Waals surface area contributed by atoms with Crippen molar-refractivity contribution in [2.24, 2.45) is 11.8 Å². The van der Waals surface area contributed by atoms with Crippen molar-refractivity contribution in [3.05, 3.63) is 53.6 Å². The van der Waals surface area contributed by atoms with Gasteiger partial charge in [-0.1, -0.05) is 55.0 Å². The maximum Gasteiger partial charge on any atom is 0.306 e. The van der Waals surface area contributed by atoms with Gasteiger partial charge in [-0.05, 0) is 25.3 Å². The number of ether oxygens (including phenoxy) is 1. The van der Waals surface area contributed by atoms with Crippen LogP contribution in [0.5, 0.6) is 0 Å². The zero-order chi connectivity index (χ0) is 20.5. The van der Waals surface area contributed by atoms with Crippen LogP contribution in [-0.2, 0) is 18.8 Å². The fraction of sp³-hybridized carbons (Fsp3) is 0.455. The van der Waals surface area contributed by atoms with Gasteiger partial charge in [-0.15, -0.1) is 0 Å². The lowest BCUT2D eigenvalue weighted by atomic mass is 9.83. The highest BCUT2D eigenvalue weighted by Crippen LogP contribution is 2.45. The molecular formula is C22H29O4PS. The van der Waals surface area contributed by atoms with Gasteiger partial charge in [0.2, 0.25) is 0 Å². The van der Waals surface area contributed by atoms with Crippen LogP contribution in [0.25, 0.3) is 0 Å². The van der Waals surface area contributed by atoms with Crippen molar-refractivity contribution < 1.29 is 18.8 Å². The fourth-order valence-corrected chi connectivity index (χ4v) is 6.11. The van der Waals surface area contributed by atoms with Gasteiger partial charge in [0.1, 0.15) is 8.15 Å². The number of methoxy groups -OCH3 is 1. The van der Waals surface area contributed by atoms with Crippen molar-refractivity contribution in [2.75, 3.05) is 25.2 Å². The van der Waals surface area contributed by atoms with Crippen molar-refractivity contribution in [1.29, 1.82) is 0 Å². The summed E-state index contributed by atoms with van der Waals surface area (Å²) in [6, 6.07) is 9.81. The molecule has 0 saturated carbocycles. The first-order valence-electron chi connectivity index (χ1n) is 9.53. The molecule has 0 bridgehead atoms. The maximum absolute atomic E-state index is 13.4. The number of hydrogen-bond donors (Lipinski definition) is 0. The van der Waals surface area contributed by atoms with Crippen LogP contribution in [0.2, 0.25) is 0 Å². The standard InChI is InChI=1S/C22H29O4PS/c1-5-26-27(19-9-7-6-8-10-19)22(24)21-16(2)13-18(14-17(21)3)15-28-12-11-20(23)25-4/h6-10,13-14,16,21H,5,11-12,15H2,1-4H3. The highest BCUT2D eigenvalue weighted by atomic mass is 32.2. The second-order valence-electron chi connectivity index (χ2n) is 6.73. The van der Waals surface area contributed by atoms with Gasteiger partial charge in [-0.2, -0.15) is 11.8 Å². The molecule has 3 atom stereocenters. The van der Waals surface area contributed by atoms with E-state index in [1.807, 2.05) is 44.2 Å². The molecule has 0 aliphatic heterocycles. The average Bonchev–Trinajstić information content (AvgIpc) is 2.69. The SMILES string of the molecule is CCOP(C(=O)C1C(C)=CC(CSCCC(=O)OC)=CC1C)c1ccccc1.